The Morgan fingerprint density at radius 1 is 1.56 bits per heavy atom. The average molecular weight is 304 g/mol. The van der Waals surface area contributed by atoms with E-state index in [0.717, 1.165) is 28.7 Å². The first-order chi connectivity index (χ1) is 7.46. The zero-order valence-corrected chi connectivity index (χ0v) is 12.4. The Hall–Kier alpha value is -0.350. The molecule has 0 aliphatic carbocycles. The summed E-state index contributed by atoms with van der Waals surface area (Å²) in [5.74, 6) is 0.0511. The highest BCUT2D eigenvalue weighted by molar-refractivity contribution is 9.09. The molecule has 2 nitrogen and oxygen atoms in total. The lowest BCUT2D eigenvalue weighted by Crippen LogP contribution is -2.34. The van der Waals surface area contributed by atoms with Crippen LogP contribution in [-0.4, -0.2) is 17.8 Å². The molecule has 0 atom stereocenters. The van der Waals surface area contributed by atoms with Crippen LogP contribution in [0.3, 0.4) is 0 Å². The Bertz CT molecular complexity index is 360. The van der Waals surface area contributed by atoms with Gasteiger partial charge in [-0.25, -0.2) is 0 Å². The molecule has 90 valence electrons. The summed E-state index contributed by atoms with van der Waals surface area (Å²) >= 11 is 4.93. The number of thiophene rings is 1. The van der Waals surface area contributed by atoms with Gasteiger partial charge in [0.15, 0.2) is 0 Å². The molecular formula is C12H18BrNOS. The van der Waals surface area contributed by atoms with Gasteiger partial charge in [-0.2, -0.15) is 0 Å². The maximum atomic E-state index is 11.9. The minimum absolute atomic E-state index is 0.0511. The van der Waals surface area contributed by atoms with Gasteiger partial charge in [-0.05, 0) is 35.8 Å². The summed E-state index contributed by atoms with van der Waals surface area (Å²) in [5.41, 5.74) is 1.20. The van der Waals surface area contributed by atoms with E-state index in [2.05, 4.69) is 35.1 Å². The zero-order chi connectivity index (χ0) is 12.2. The van der Waals surface area contributed by atoms with E-state index in [1.807, 2.05) is 18.4 Å². The Balaban J connectivity index is 2.51. The predicted octanol–water partition coefficient (Wildman–Crippen LogP) is 3.60. The number of amides is 1. The largest absolute Gasteiger partial charge is 0.351 e. The zero-order valence-electron chi connectivity index (χ0n) is 9.97. The Morgan fingerprint density at radius 2 is 2.25 bits per heavy atom. The standard InChI is InChI=1S/C12H18BrNOS/c1-9-4-7-16-10(9)11(15)14-8-12(2,3)5-6-13/h4,7H,5-6,8H2,1-3H3,(H,14,15). The molecule has 0 saturated carbocycles. The van der Waals surface area contributed by atoms with Gasteiger partial charge in [0.05, 0.1) is 4.88 Å². The quantitative estimate of drug-likeness (QED) is 0.827. The number of carbonyl (C=O) groups excluding carboxylic acids is 1. The van der Waals surface area contributed by atoms with Crippen molar-refractivity contribution in [3.63, 3.8) is 0 Å². The molecular weight excluding hydrogens is 286 g/mol. The van der Waals surface area contributed by atoms with Crippen molar-refractivity contribution in [1.29, 1.82) is 0 Å². The molecule has 1 heterocycles. The summed E-state index contributed by atoms with van der Waals surface area (Å²) in [4.78, 5) is 12.7. The lowest BCUT2D eigenvalue weighted by atomic mass is 9.90. The maximum absolute atomic E-state index is 11.9. The van der Waals surface area contributed by atoms with Crippen LogP contribution < -0.4 is 5.32 Å². The third-order valence-electron chi connectivity index (χ3n) is 2.57. The third-order valence-corrected chi connectivity index (χ3v) is 3.98. The van der Waals surface area contributed by atoms with E-state index in [-0.39, 0.29) is 11.3 Å². The Kier molecular flexibility index (Phi) is 4.99. The summed E-state index contributed by atoms with van der Waals surface area (Å²) in [6.45, 7) is 7.01. The minimum atomic E-state index is 0.0511. The molecule has 0 unspecified atom stereocenters. The molecule has 0 fully saturated rings. The summed E-state index contributed by atoms with van der Waals surface area (Å²) in [6, 6.07) is 1.98. The molecule has 0 aliphatic heterocycles. The summed E-state index contributed by atoms with van der Waals surface area (Å²) in [6.07, 6.45) is 1.05. The molecule has 1 aromatic heterocycles. The van der Waals surface area contributed by atoms with Crippen molar-refractivity contribution in [2.24, 2.45) is 5.41 Å². The smallest absolute Gasteiger partial charge is 0.261 e. The molecule has 1 rings (SSSR count). The molecule has 0 saturated heterocycles. The fraction of sp³-hybridized carbons (Fsp3) is 0.583. The fourth-order valence-electron chi connectivity index (χ4n) is 1.35. The van der Waals surface area contributed by atoms with Gasteiger partial charge in [0, 0.05) is 11.9 Å². The highest BCUT2D eigenvalue weighted by Gasteiger charge is 2.19. The monoisotopic (exact) mass is 303 g/mol. The molecule has 0 aromatic carbocycles. The number of halogens is 1. The average Bonchev–Trinajstić information content (AvgIpc) is 2.61. The number of nitrogens with one attached hydrogen (secondary N) is 1. The first kappa shape index (κ1) is 13.7. The Morgan fingerprint density at radius 3 is 2.75 bits per heavy atom. The van der Waals surface area contributed by atoms with Crippen LogP contribution in [0.2, 0.25) is 0 Å². The topological polar surface area (TPSA) is 29.1 Å². The molecule has 16 heavy (non-hydrogen) atoms. The van der Waals surface area contributed by atoms with E-state index in [1.54, 1.807) is 0 Å². The van der Waals surface area contributed by atoms with Crippen LogP contribution in [0.5, 0.6) is 0 Å². The van der Waals surface area contributed by atoms with Crippen LogP contribution in [0.4, 0.5) is 0 Å². The lowest BCUT2D eigenvalue weighted by Gasteiger charge is -2.23. The number of aryl methyl sites for hydroxylation is 1. The van der Waals surface area contributed by atoms with Gasteiger partial charge in [0.1, 0.15) is 0 Å². The third kappa shape index (κ3) is 3.91. The molecule has 0 radical (unpaired) electrons. The number of carbonyl (C=O) groups is 1. The fourth-order valence-corrected chi connectivity index (χ4v) is 3.26. The molecule has 1 amide bonds. The van der Waals surface area contributed by atoms with Crippen LogP contribution in [0, 0.1) is 12.3 Å². The summed E-state index contributed by atoms with van der Waals surface area (Å²) in [5, 5.41) is 5.92. The highest BCUT2D eigenvalue weighted by Crippen LogP contribution is 2.21. The minimum Gasteiger partial charge on any atom is -0.351 e. The van der Waals surface area contributed by atoms with Gasteiger partial charge in [-0.15, -0.1) is 11.3 Å². The molecule has 1 aromatic rings. The molecule has 4 heteroatoms. The SMILES string of the molecule is Cc1ccsc1C(=O)NCC(C)(C)CCBr. The van der Waals surface area contributed by atoms with Crippen molar-refractivity contribution < 1.29 is 4.79 Å². The molecule has 1 N–H and O–H groups in total. The second-order valence-corrected chi connectivity index (χ2v) is 6.43. The number of alkyl halides is 1. The van der Waals surface area contributed by atoms with Gasteiger partial charge in [0.25, 0.3) is 5.91 Å². The van der Waals surface area contributed by atoms with Gasteiger partial charge < -0.3 is 5.32 Å². The van der Waals surface area contributed by atoms with E-state index in [9.17, 15) is 4.79 Å². The van der Waals surface area contributed by atoms with Gasteiger partial charge in [0.2, 0.25) is 0 Å². The van der Waals surface area contributed by atoms with Crippen molar-refractivity contribution >= 4 is 33.2 Å². The van der Waals surface area contributed by atoms with Gasteiger partial charge >= 0.3 is 0 Å². The normalized spacial score (nSPS) is 11.5. The van der Waals surface area contributed by atoms with Crippen LogP contribution in [-0.2, 0) is 0 Å². The van der Waals surface area contributed by atoms with Crippen LogP contribution in [0.25, 0.3) is 0 Å². The predicted molar refractivity (Wildman–Crippen MR) is 73.6 cm³/mol. The van der Waals surface area contributed by atoms with E-state index in [1.165, 1.54) is 11.3 Å². The van der Waals surface area contributed by atoms with Crippen molar-refractivity contribution in [3.05, 3.63) is 21.9 Å². The van der Waals surface area contributed by atoms with Crippen molar-refractivity contribution in [3.8, 4) is 0 Å². The highest BCUT2D eigenvalue weighted by atomic mass is 79.9. The second-order valence-electron chi connectivity index (χ2n) is 4.72. The second kappa shape index (κ2) is 5.82. The van der Waals surface area contributed by atoms with Gasteiger partial charge in [-0.3, -0.25) is 4.79 Å². The molecule has 0 spiro atoms. The van der Waals surface area contributed by atoms with E-state index in [4.69, 9.17) is 0 Å². The number of rotatable bonds is 5. The van der Waals surface area contributed by atoms with Crippen molar-refractivity contribution in [2.45, 2.75) is 27.2 Å². The number of hydrogen-bond donors (Lipinski definition) is 1. The van der Waals surface area contributed by atoms with E-state index < -0.39 is 0 Å². The summed E-state index contributed by atoms with van der Waals surface area (Å²) < 4.78 is 0. The molecule has 0 bridgehead atoms. The first-order valence-corrected chi connectivity index (χ1v) is 7.35. The Labute approximate surface area is 110 Å². The first-order valence-electron chi connectivity index (χ1n) is 5.34. The molecule has 0 aliphatic rings. The van der Waals surface area contributed by atoms with Crippen LogP contribution in [0.1, 0.15) is 35.5 Å². The van der Waals surface area contributed by atoms with E-state index >= 15 is 0 Å². The summed E-state index contributed by atoms with van der Waals surface area (Å²) in [7, 11) is 0. The van der Waals surface area contributed by atoms with Gasteiger partial charge in [-0.1, -0.05) is 29.8 Å². The number of hydrogen-bond acceptors (Lipinski definition) is 2. The van der Waals surface area contributed by atoms with Crippen LogP contribution in [0.15, 0.2) is 11.4 Å². The van der Waals surface area contributed by atoms with Crippen molar-refractivity contribution in [1.82, 2.24) is 5.32 Å². The lowest BCUT2D eigenvalue weighted by molar-refractivity contribution is 0.0939. The van der Waals surface area contributed by atoms with E-state index in [0.29, 0.717) is 0 Å². The van der Waals surface area contributed by atoms with Crippen LogP contribution >= 0.6 is 27.3 Å². The maximum Gasteiger partial charge on any atom is 0.261 e. The van der Waals surface area contributed by atoms with Crippen molar-refractivity contribution in [2.75, 3.05) is 11.9 Å².